The van der Waals surface area contributed by atoms with Crippen molar-refractivity contribution in [3.05, 3.63) is 0 Å². The number of rotatable bonds is 5. The smallest absolute Gasteiger partial charge is 0.0605 e. The number of hydrogen-bond acceptors (Lipinski definition) is 1. The molecule has 0 aliphatic carbocycles. The summed E-state index contributed by atoms with van der Waals surface area (Å²) in [5, 5.41) is 9.68. The van der Waals surface area contributed by atoms with Crippen LogP contribution in [0.25, 0.3) is 0 Å². The summed E-state index contributed by atoms with van der Waals surface area (Å²) in [4.78, 5) is 0. The molecule has 1 unspecified atom stereocenters. The zero-order valence-electron chi connectivity index (χ0n) is 7.73. The second-order valence-electron chi connectivity index (χ2n) is 3.45. The average Bonchev–Trinajstić information content (AvgIpc) is 2.03. The summed E-state index contributed by atoms with van der Waals surface area (Å²) in [6.07, 6.45) is 2.58. The van der Waals surface area contributed by atoms with Crippen molar-refractivity contribution in [1.29, 1.82) is 0 Å². The van der Waals surface area contributed by atoms with Crippen LogP contribution in [0, 0.1) is 5.41 Å². The van der Waals surface area contributed by atoms with E-state index in [0.717, 1.165) is 19.3 Å². The van der Waals surface area contributed by atoms with Crippen molar-refractivity contribution in [1.82, 2.24) is 0 Å². The van der Waals surface area contributed by atoms with Gasteiger partial charge in [-0.25, -0.2) is 0 Å². The second kappa shape index (κ2) is 5.00. The summed E-state index contributed by atoms with van der Waals surface area (Å²) < 4.78 is 0. The van der Waals surface area contributed by atoms with Crippen molar-refractivity contribution >= 4 is 11.6 Å². The molecule has 0 radical (unpaired) electrons. The van der Waals surface area contributed by atoms with E-state index in [9.17, 15) is 5.11 Å². The Morgan fingerprint density at radius 2 is 2.00 bits per heavy atom. The van der Waals surface area contributed by atoms with Gasteiger partial charge in [0.25, 0.3) is 0 Å². The van der Waals surface area contributed by atoms with Gasteiger partial charge in [-0.05, 0) is 12.8 Å². The van der Waals surface area contributed by atoms with Crippen LogP contribution in [0.1, 0.15) is 40.0 Å². The normalized spacial score (nSPS) is 19.4. The molecular formula is C9H19ClO. The molecule has 1 nitrogen and oxygen atoms in total. The SMILES string of the molecule is CCC[C@H](O)C(C)(CC)CCl. The van der Waals surface area contributed by atoms with Gasteiger partial charge in [0, 0.05) is 11.3 Å². The van der Waals surface area contributed by atoms with Crippen molar-refractivity contribution in [2.24, 2.45) is 5.41 Å². The van der Waals surface area contributed by atoms with E-state index in [-0.39, 0.29) is 11.5 Å². The fourth-order valence-electron chi connectivity index (χ4n) is 1.04. The minimum absolute atomic E-state index is 0.0857. The highest BCUT2D eigenvalue weighted by atomic mass is 35.5. The summed E-state index contributed by atoms with van der Waals surface area (Å²) >= 11 is 5.78. The first kappa shape index (κ1) is 11.2. The predicted octanol–water partition coefficient (Wildman–Crippen LogP) is 2.80. The Kier molecular flexibility index (Phi) is 5.11. The predicted molar refractivity (Wildman–Crippen MR) is 50.0 cm³/mol. The van der Waals surface area contributed by atoms with Gasteiger partial charge >= 0.3 is 0 Å². The molecule has 0 spiro atoms. The van der Waals surface area contributed by atoms with E-state index < -0.39 is 0 Å². The number of halogens is 1. The minimum atomic E-state index is -0.241. The van der Waals surface area contributed by atoms with Crippen LogP contribution in [-0.2, 0) is 0 Å². The lowest BCUT2D eigenvalue weighted by atomic mass is 9.82. The first-order chi connectivity index (χ1) is 5.10. The van der Waals surface area contributed by atoms with Crippen molar-refractivity contribution < 1.29 is 5.11 Å². The van der Waals surface area contributed by atoms with Crippen LogP contribution in [0.4, 0.5) is 0 Å². The summed E-state index contributed by atoms with van der Waals surface area (Å²) in [5.41, 5.74) is -0.0857. The molecule has 2 atom stereocenters. The number of aliphatic hydroxyl groups is 1. The summed E-state index contributed by atoms with van der Waals surface area (Å²) in [7, 11) is 0. The van der Waals surface area contributed by atoms with E-state index in [1.54, 1.807) is 0 Å². The van der Waals surface area contributed by atoms with Crippen LogP contribution >= 0.6 is 11.6 Å². The molecule has 1 N–H and O–H groups in total. The Bertz CT molecular complexity index is 99.7. The molecule has 0 aliphatic rings. The molecule has 0 aliphatic heterocycles. The van der Waals surface area contributed by atoms with Gasteiger partial charge in [-0.15, -0.1) is 11.6 Å². The quantitative estimate of drug-likeness (QED) is 0.642. The van der Waals surface area contributed by atoms with E-state index in [2.05, 4.69) is 13.8 Å². The Labute approximate surface area is 74.8 Å². The van der Waals surface area contributed by atoms with E-state index in [4.69, 9.17) is 11.6 Å². The average molecular weight is 179 g/mol. The van der Waals surface area contributed by atoms with Crippen LogP contribution in [-0.4, -0.2) is 17.1 Å². The van der Waals surface area contributed by atoms with Gasteiger partial charge in [0.1, 0.15) is 0 Å². The van der Waals surface area contributed by atoms with Gasteiger partial charge in [0.2, 0.25) is 0 Å². The molecule has 0 saturated carbocycles. The lowest BCUT2D eigenvalue weighted by molar-refractivity contribution is 0.0424. The molecule has 0 rings (SSSR count). The first-order valence-corrected chi connectivity index (χ1v) is 4.88. The Hall–Kier alpha value is 0.250. The first-order valence-electron chi connectivity index (χ1n) is 4.34. The van der Waals surface area contributed by atoms with Gasteiger partial charge in [-0.3, -0.25) is 0 Å². The third-order valence-electron chi connectivity index (χ3n) is 2.48. The molecule has 0 aromatic carbocycles. The van der Waals surface area contributed by atoms with Crippen LogP contribution in [0.5, 0.6) is 0 Å². The number of hydrogen-bond donors (Lipinski definition) is 1. The topological polar surface area (TPSA) is 20.2 Å². The van der Waals surface area contributed by atoms with E-state index in [1.165, 1.54) is 0 Å². The Balaban J connectivity index is 4.00. The van der Waals surface area contributed by atoms with E-state index in [1.807, 2.05) is 6.92 Å². The maximum atomic E-state index is 9.68. The van der Waals surface area contributed by atoms with Crippen LogP contribution in [0.3, 0.4) is 0 Å². The Morgan fingerprint density at radius 3 is 2.27 bits per heavy atom. The van der Waals surface area contributed by atoms with Crippen molar-refractivity contribution in [2.45, 2.75) is 46.1 Å². The highest BCUT2D eigenvalue weighted by molar-refractivity contribution is 6.18. The third kappa shape index (κ3) is 3.00. The van der Waals surface area contributed by atoms with E-state index in [0.29, 0.717) is 5.88 Å². The van der Waals surface area contributed by atoms with Gasteiger partial charge in [-0.2, -0.15) is 0 Å². The monoisotopic (exact) mass is 178 g/mol. The highest BCUT2D eigenvalue weighted by Gasteiger charge is 2.29. The summed E-state index contributed by atoms with van der Waals surface area (Å²) in [6, 6.07) is 0. The molecule has 0 amide bonds. The highest BCUT2D eigenvalue weighted by Crippen LogP contribution is 2.29. The Morgan fingerprint density at radius 1 is 1.45 bits per heavy atom. The summed E-state index contributed by atoms with van der Waals surface area (Å²) in [5.74, 6) is 0.546. The van der Waals surface area contributed by atoms with Crippen molar-refractivity contribution in [3.8, 4) is 0 Å². The van der Waals surface area contributed by atoms with Crippen LogP contribution in [0.15, 0.2) is 0 Å². The minimum Gasteiger partial charge on any atom is -0.393 e. The number of alkyl halides is 1. The maximum Gasteiger partial charge on any atom is 0.0605 e. The molecule has 0 fully saturated rings. The number of aliphatic hydroxyl groups excluding tert-OH is 1. The van der Waals surface area contributed by atoms with Gasteiger partial charge in [0.15, 0.2) is 0 Å². The lowest BCUT2D eigenvalue weighted by Gasteiger charge is -2.31. The molecule has 11 heavy (non-hydrogen) atoms. The van der Waals surface area contributed by atoms with Crippen LogP contribution < -0.4 is 0 Å². The maximum absolute atomic E-state index is 9.68. The molecule has 68 valence electrons. The molecule has 0 bridgehead atoms. The summed E-state index contributed by atoms with van der Waals surface area (Å²) in [6.45, 7) is 6.19. The zero-order chi connectivity index (χ0) is 8.91. The second-order valence-corrected chi connectivity index (χ2v) is 3.71. The van der Waals surface area contributed by atoms with Gasteiger partial charge in [0.05, 0.1) is 6.10 Å². The van der Waals surface area contributed by atoms with E-state index >= 15 is 0 Å². The van der Waals surface area contributed by atoms with Crippen molar-refractivity contribution in [2.75, 3.05) is 5.88 Å². The fraction of sp³-hybridized carbons (Fsp3) is 1.00. The van der Waals surface area contributed by atoms with Crippen LogP contribution in [0.2, 0.25) is 0 Å². The molecule has 0 aromatic heterocycles. The molecule has 2 heteroatoms. The van der Waals surface area contributed by atoms with Gasteiger partial charge < -0.3 is 5.11 Å². The molecule has 0 saturated heterocycles. The zero-order valence-corrected chi connectivity index (χ0v) is 8.49. The lowest BCUT2D eigenvalue weighted by Crippen LogP contribution is -2.33. The molecule has 0 heterocycles. The fourth-order valence-corrected chi connectivity index (χ4v) is 1.41. The van der Waals surface area contributed by atoms with Crippen molar-refractivity contribution in [3.63, 3.8) is 0 Å². The molecular weight excluding hydrogens is 160 g/mol. The largest absolute Gasteiger partial charge is 0.393 e. The molecule has 0 aromatic rings. The van der Waals surface area contributed by atoms with Gasteiger partial charge in [-0.1, -0.05) is 27.2 Å². The third-order valence-corrected chi connectivity index (χ3v) is 3.09. The standard InChI is InChI=1S/C9H19ClO/c1-4-6-8(11)9(3,5-2)7-10/h8,11H,4-7H2,1-3H3/t8-,9?/m0/s1.